The van der Waals surface area contributed by atoms with Gasteiger partial charge in [-0.1, -0.05) is 35.8 Å². The highest BCUT2D eigenvalue weighted by atomic mass is 79.9. The Hall–Kier alpha value is -2.02. The number of benzene rings is 1. The smallest absolute Gasteiger partial charge is 0.242 e. The van der Waals surface area contributed by atoms with Crippen molar-refractivity contribution in [3.05, 3.63) is 39.6 Å². The maximum absolute atomic E-state index is 12.1. The van der Waals surface area contributed by atoms with Gasteiger partial charge >= 0.3 is 0 Å². The molecule has 128 valence electrons. The fourth-order valence-corrected chi connectivity index (χ4v) is 2.60. The van der Waals surface area contributed by atoms with Crippen LogP contribution >= 0.6 is 15.9 Å². The molecule has 2 aromatic rings. The van der Waals surface area contributed by atoms with Gasteiger partial charge < -0.3 is 10.6 Å². The topological polar surface area (TPSA) is 79.8 Å². The first kappa shape index (κ1) is 18.3. The van der Waals surface area contributed by atoms with Gasteiger partial charge in [0.1, 0.15) is 0 Å². The van der Waals surface area contributed by atoms with Gasteiger partial charge in [-0.05, 0) is 37.5 Å². The second kappa shape index (κ2) is 8.73. The Kier molecular flexibility index (Phi) is 6.66. The van der Waals surface area contributed by atoms with Crippen molar-refractivity contribution < 1.29 is 4.79 Å². The van der Waals surface area contributed by atoms with Gasteiger partial charge in [0.05, 0.1) is 11.4 Å². The molecular formula is C17H22BrN5O. The molecule has 1 heterocycles. The molecule has 2 N–H and O–H groups in total. The summed E-state index contributed by atoms with van der Waals surface area (Å²) in [7, 11) is 0. The maximum atomic E-state index is 12.1. The highest BCUT2D eigenvalue weighted by molar-refractivity contribution is 9.10. The Bertz CT molecular complexity index is 720. The molecule has 6 nitrogen and oxygen atoms in total. The summed E-state index contributed by atoms with van der Waals surface area (Å²) in [6.45, 7) is 6.49. The molecule has 0 aliphatic rings. The van der Waals surface area contributed by atoms with Gasteiger partial charge in [-0.3, -0.25) is 4.79 Å². The van der Waals surface area contributed by atoms with Crippen LogP contribution < -0.4 is 10.6 Å². The molecule has 0 radical (unpaired) electrons. The van der Waals surface area contributed by atoms with Crippen LogP contribution in [0.1, 0.15) is 37.2 Å². The number of halogens is 1. The van der Waals surface area contributed by atoms with Crippen molar-refractivity contribution in [1.82, 2.24) is 15.2 Å². The zero-order valence-electron chi connectivity index (χ0n) is 14.2. The number of amides is 1. The molecule has 0 aliphatic carbocycles. The Balaban J connectivity index is 1.87. The quantitative estimate of drug-likeness (QED) is 0.754. The Labute approximate surface area is 150 Å². The lowest BCUT2D eigenvalue weighted by Gasteiger charge is -2.10. The van der Waals surface area contributed by atoms with Gasteiger partial charge in [0.15, 0.2) is 0 Å². The normalized spacial score (nSPS) is 10.5. The van der Waals surface area contributed by atoms with Gasteiger partial charge in [-0.15, -0.1) is 5.10 Å². The second-order valence-electron chi connectivity index (χ2n) is 5.42. The largest absolute Gasteiger partial charge is 0.352 e. The van der Waals surface area contributed by atoms with Gasteiger partial charge in [-0.25, -0.2) is 4.98 Å². The van der Waals surface area contributed by atoms with E-state index >= 15 is 0 Å². The summed E-state index contributed by atoms with van der Waals surface area (Å²) in [5.74, 6) is 0.410. The number of hydrogen-bond donors (Lipinski definition) is 2. The molecule has 24 heavy (non-hydrogen) atoms. The minimum absolute atomic E-state index is 0.0578. The van der Waals surface area contributed by atoms with Crippen LogP contribution in [0.25, 0.3) is 0 Å². The van der Waals surface area contributed by atoms with Crippen molar-refractivity contribution in [2.24, 2.45) is 0 Å². The summed E-state index contributed by atoms with van der Waals surface area (Å²) in [4.78, 5) is 16.5. The predicted molar refractivity (Wildman–Crippen MR) is 99.2 cm³/mol. The standard InChI is InChI=1S/C17H22BrN5O/c1-4-13-14(5-2)22-23-17(21-13)19-9-8-16(24)20-15-10-12(18)7-6-11(15)3/h6-7,10H,4-5,8-9H2,1-3H3,(H,20,24)(H,19,21,23). The van der Waals surface area contributed by atoms with Crippen molar-refractivity contribution in [2.75, 3.05) is 17.2 Å². The van der Waals surface area contributed by atoms with E-state index in [1.165, 1.54) is 0 Å². The van der Waals surface area contributed by atoms with Crippen molar-refractivity contribution in [1.29, 1.82) is 0 Å². The molecule has 0 atom stereocenters. The fourth-order valence-electron chi connectivity index (χ4n) is 2.24. The van der Waals surface area contributed by atoms with Crippen LogP contribution in [0.15, 0.2) is 22.7 Å². The van der Waals surface area contributed by atoms with Crippen LogP contribution in [0, 0.1) is 6.92 Å². The van der Waals surface area contributed by atoms with Crippen molar-refractivity contribution in [3.8, 4) is 0 Å². The fraction of sp³-hybridized carbons (Fsp3) is 0.412. The lowest BCUT2D eigenvalue weighted by atomic mass is 10.2. The zero-order chi connectivity index (χ0) is 17.5. The van der Waals surface area contributed by atoms with E-state index in [0.717, 1.165) is 40.0 Å². The van der Waals surface area contributed by atoms with Crippen LogP contribution in [-0.4, -0.2) is 27.6 Å². The molecule has 0 bridgehead atoms. The van der Waals surface area contributed by atoms with E-state index in [9.17, 15) is 4.79 Å². The first-order chi connectivity index (χ1) is 11.5. The molecule has 1 amide bonds. The molecule has 0 aliphatic heterocycles. The Morgan fingerprint density at radius 2 is 1.92 bits per heavy atom. The first-order valence-corrected chi connectivity index (χ1v) is 8.85. The molecule has 0 saturated carbocycles. The van der Waals surface area contributed by atoms with E-state index in [4.69, 9.17) is 0 Å². The summed E-state index contributed by atoms with van der Waals surface area (Å²) in [6, 6.07) is 5.80. The third-order valence-corrected chi connectivity index (χ3v) is 4.11. The van der Waals surface area contributed by atoms with E-state index < -0.39 is 0 Å². The number of carbonyl (C=O) groups is 1. The van der Waals surface area contributed by atoms with E-state index in [-0.39, 0.29) is 5.91 Å². The van der Waals surface area contributed by atoms with Crippen LogP contribution in [0.3, 0.4) is 0 Å². The second-order valence-corrected chi connectivity index (χ2v) is 6.34. The van der Waals surface area contributed by atoms with Crippen LogP contribution in [0.2, 0.25) is 0 Å². The summed E-state index contributed by atoms with van der Waals surface area (Å²) in [6.07, 6.45) is 1.96. The SMILES string of the molecule is CCc1nnc(NCCC(=O)Nc2cc(Br)ccc2C)nc1CC. The third-order valence-electron chi connectivity index (χ3n) is 3.62. The molecule has 0 unspecified atom stereocenters. The predicted octanol–water partition coefficient (Wildman–Crippen LogP) is 3.51. The highest BCUT2D eigenvalue weighted by Crippen LogP contribution is 2.20. The van der Waals surface area contributed by atoms with Crippen LogP contribution in [0.5, 0.6) is 0 Å². The van der Waals surface area contributed by atoms with Gasteiger partial charge in [0.2, 0.25) is 11.9 Å². The third kappa shape index (κ3) is 4.99. The lowest BCUT2D eigenvalue weighted by Crippen LogP contribution is -2.18. The number of rotatable bonds is 7. The molecule has 7 heteroatoms. The number of hydrogen-bond acceptors (Lipinski definition) is 5. The number of carbonyl (C=O) groups excluding carboxylic acids is 1. The van der Waals surface area contributed by atoms with E-state index in [1.807, 2.05) is 39.0 Å². The molecular weight excluding hydrogens is 370 g/mol. The van der Waals surface area contributed by atoms with Gasteiger partial charge in [0.25, 0.3) is 0 Å². The molecule has 0 fully saturated rings. The van der Waals surface area contributed by atoms with Crippen molar-refractivity contribution >= 4 is 33.5 Å². The van der Waals surface area contributed by atoms with Gasteiger partial charge in [-0.2, -0.15) is 5.10 Å². The number of aromatic nitrogens is 3. The number of nitrogens with one attached hydrogen (secondary N) is 2. The molecule has 0 saturated heterocycles. The Morgan fingerprint density at radius 3 is 2.62 bits per heavy atom. The molecule has 1 aromatic carbocycles. The first-order valence-electron chi connectivity index (χ1n) is 8.05. The summed E-state index contributed by atoms with van der Waals surface area (Å²) < 4.78 is 0.934. The van der Waals surface area contributed by atoms with Crippen molar-refractivity contribution in [2.45, 2.75) is 40.0 Å². The summed E-state index contributed by atoms with van der Waals surface area (Å²) >= 11 is 3.41. The average Bonchev–Trinajstić information content (AvgIpc) is 2.58. The van der Waals surface area contributed by atoms with E-state index in [1.54, 1.807) is 0 Å². The monoisotopic (exact) mass is 391 g/mol. The van der Waals surface area contributed by atoms with Gasteiger partial charge in [0, 0.05) is 23.1 Å². The highest BCUT2D eigenvalue weighted by Gasteiger charge is 2.08. The molecule has 2 rings (SSSR count). The van der Waals surface area contributed by atoms with Crippen LogP contribution in [0.4, 0.5) is 11.6 Å². The lowest BCUT2D eigenvalue weighted by molar-refractivity contribution is -0.115. The summed E-state index contributed by atoms with van der Waals surface area (Å²) in [5.41, 5.74) is 3.71. The number of nitrogens with zero attached hydrogens (tertiary/aromatic N) is 3. The van der Waals surface area contributed by atoms with Crippen molar-refractivity contribution in [3.63, 3.8) is 0 Å². The molecule has 0 spiro atoms. The minimum Gasteiger partial charge on any atom is -0.352 e. The number of anilines is 2. The minimum atomic E-state index is -0.0578. The molecule has 1 aromatic heterocycles. The van der Waals surface area contributed by atoms with Crippen LogP contribution in [-0.2, 0) is 17.6 Å². The van der Waals surface area contributed by atoms with E-state index in [0.29, 0.717) is 18.9 Å². The maximum Gasteiger partial charge on any atom is 0.242 e. The number of aryl methyl sites for hydroxylation is 3. The summed E-state index contributed by atoms with van der Waals surface area (Å²) in [5, 5.41) is 14.2. The Morgan fingerprint density at radius 1 is 1.17 bits per heavy atom. The average molecular weight is 392 g/mol. The van der Waals surface area contributed by atoms with E-state index in [2.05, 4.69) is 41.7 Å². The zero-order valence-corrected chi connectivity index (χ0v) is 15.8.